The van der Waals surface area contributed by atoms with Gasteiger partial charge in [0.15, 0.2) is 0 Å². The molecule has 0 unspecified atom stereocenters. The number of benzene rings is 2. The number of fused-ring (bicyclic) bond motifs is 1. The number of hydrogen-bond donors (Lipinski definition) is 2. The molecule has 3 atom stereocenters. The third kappa shape index (κ3) is 5.63. The monoisotopic (exact) mass is 523 g/mol. The topological polar surface area (TPSA) is 109 Å². The summed E-state index contributed by atoms with van der Waals surface area (Å²) in [7, 11) is 3.56. The number of likely N-dealkylation sites (tertiary alicyclic amines) is 1. The molecule has 2 aliphatic heterocycles. The maximum atomic E-state index is 13.5. The number of amides is 2. The van der Waals surface area contributed by atoms with Gasteiger partial charge in [0.05, 0.1) is 18.0 Å². The molecule has 3 heterocycles. The zero-order chi connectivity index (χ0) is 26.8. The number of anilines is 1. The molecule has 1 saturated heterocycles. The summed E-state index contributed by atoms with van der Waals surface area (Å²) in [4.78, 5) is 29.5. The second-order valence-electron chi connectivity index (χ2n) is 9.73. The Hall–Kier alpha value is -3.96. The Kier molecular flexibility index (Phi) is 7.30. The van der Waals surface area contributed by atoms with E-state index in [0.29, 0.717) is 43.2 Å². The average molecular weight is 524 g/mol. The van der Waals surface area contributed by atoms with Crippen molar-refractivity contribution >= 4 is 17.6 Å². The van der Waals surface area contributed by atoms with Gasteiger partial charge in [-0.3, -0.25) is 9.69 Å². The Bertz CT molecular complexity index is 1330. The number of rotatable bonds is 6. The van der Waals surface area contributed by atoms with Crippen molar-refractivity contribution in [2.45, 2.75) is 31.0 Å². The van der Waals surface area contributed by atoms with Gasteiger partial charge in [-0.1, -0.05) is 12.1 Å². The van der Waals surface area contributed by atoms with Gasteiger partial charge >= 0.3 is 6.03 Å². The van der Waals surface area contributed by atoms with Gasteiger partial charge in [-0.25, -0.2) is 9.18 Å². The van der Waals surface area contributed by atoms with Crippen LogP contribution in [0.4, 0.5) is 14.9 Å². The minimum atomic E-state index is -0.936. The van der Waals surface area contributed by atoms with Gasteiger partial charge in [-0.2, -0.15) is 9.78 Å². The van der Waals surface area contributed by atoms with Gasteiger partial charge in [0.2, 0.25) is 0 Å². The highest BCUT2D eigenvalue weighted by molar-refractivity contribution is 6.00. The molecule has 10 nitrogen and oxygen atoms in total. The lowest BCUT2D eigenvalue weighted by molar-refractivity contribution is -0.120. The first kappa shape index (κ1) is 25.7. The smallest absolute Gasteiger partial charge is 0.342 e. The standard InChI is InChI=1S/C27H30FN5O5/c1-31-14-21(34)10-20(31)15-37-22-6-7-25-24(11-22)32(2)26(35)23(16-38-25)30-27(36)33-13-18(12-29-33)8-17-4-3-5-19(28)9-17/h3-7,9,11-13,20-21,23,34H,8,10,14-16H2,1-2H3,(H,30,36)/t20-,21+,23-/m0/s1. The summed E-state index contributed by atoms with van der Waals surface area (Å²) in [6.07, 6.45) is 3.78. The number of β-amino-alcohol motifs (C(OH)–C–C–N with tert-alkyl or cyclic N) is 1. The van der Waals surface area contributed by atoms with E-state index in [1.807, 2.05) is 7.05 Å². The fourth-order valence-corrected chi connectivity index (χ4v) is 4.77. The molecule has 2 amide bonds. The fourth-order valence-electron chi connectivity index (χ4n) is 4.77. The van der Waals surface area contributed by atoms with Crippen LogP contribution in [-0.4, -0.2) is 83.8 Å². The molecule has 3 aromatic rings. The van der Waals surface area contributed by atoms with Crippen molar-refractivity contribution in [3.8, 4) is 11.5 Å². The lowest BCUT2D eigenvalue weighted by atomic mass is 10.1. The molecule has 11 heteroatoms. The Morgan fingerprint density at radius 2 is 2.08 bits per heavy atom. The van der Waals surface area contributed by atoms with Crippen molar-refractivity contribution in [3.63, 3.8) is 0 Å². The van der Waals surface area contributed by atoms with Gasteiger partial charge in [-0.05, 0) is 48.9 Å². The summed E-state index contributed by atoms with van der Waals surface area (Å²) in [5.41, 5.74) is 2.01. The molecule has 2 aliphatic rings. The highest BCUT2D eigenvalue weighted by Gasteiger charge is 2.32. The first-order valence-corrected chi connectivity index (χ1v) is 12.4. The van der Waals surface area contributed by atoms with Crippen molar-refractivity contribution < 1.29 is 28.6 Å². The number of aliphatic hydroxyl groups is 1. The summed E-state index contributed by atoms with van der Waals surface area (Å²) < 4.78 is 26.4. The van der Waals surface area contributed by atoms with Crippen LogP contribution >= 0.6 is 0 Å². The molecule has 38 heavy (non-hydrogen) atoms. The Balaban J connectivity index is 1.21. The van der Waals surface area contributed by atoms with Crippen molar-refractivity contribution in [2.24, 2.45) is 0 Å². The number of hydrogen-bond acceptors (Lipinski definition) is 7. The lowest BCUT2D eigenvalue weighted by Gasteiger charge is -2.22. The maximum Gasteiger partial charge on any atom is 0.342 e. The molecule has 0 saturated carbocycles. The van der Waals surface area contributed by atoms with Crippen molar-refractivity contribution in [3.05, 3.63) is 71.8 Å². The molecule has 2 aromatic carbocycles. The normalized spacial score (nSPS) is 21.5. The number of aliphatic hydroxyl groups excluding tert-OH is 1. The van der Waals surface area contributed by atoms with Crippen LogP contribution in [0.25, 0.3) is 0 Å². The van der Waals surface area contributed by atoms with Crippen LogP contribution in [-0.2, 0) is 11.2 Å². The molecule has 0 bridgehead atoms. The third-order valence-electron chi connectivity index (χ3n) is 6.87. The van der Waals surface area contributed by atoms with E-state index < -0.39 is 12.1 Å². The summed E-state index contributed by atoms with van der Waals surface area (Å²) in [5.74, 6) is 0.395. The first-order chi connectivity index (χ1) is 18.3. The summed E-state index contributed by atoms with van der Waals surface area (Å²) in [5, 5.41) is 16.6. The number of carbonyl (C=O) groups excluding carboxylic acids is 2. The van der Waals surface area contributed by atoms with Crippen LogP contribution < -0.4 is 19.7 Å². The zero-order valence-electron chi connectivity index (χ0n) is 21.2. The largest absolute Gasteiger partial charge is 0.492 e. The lowest BCUT2D eigenvalue weighted by Crippen LogP contribution is -2.50. The van der Waals surface area contributed by atoms with E-state index in [4.69, 9.17) is 9.47 Å². The van der Waals surface area contributed by atoms with E-state index in [-0.39, 0.29) is 30.5 Å². The molecule has 0 spiro atoms. The Morgan fingerprint density at radius 1 is 1.24 bits per heavy atom. The van der Waals surface area contributed by atoms with E-state index >= 15 is 0 Å². The SMILES string of the molecule is CN1C(=O)[C@@H](NC(=O)n2cc(Cc3cccc(F)c3)cn2)COc2ccc(OC[C@@H]3C[C@@H](O)CN3C)cc21. The van der Waals surface area contributed by atoms with Crippen molar-refractivity contribution in [1.29, 1.82) is 0 Å². The van der Waals surface area contributed by atoms with Gasteiger partial charge in [0.1, 0.15) is 36.6 Å². The van der Waals surface area contributed by atoms with Gasteiger partial charge < -0.3 is 24.8 Å². The fraction of sp³-hybridized carbons (Fsp3) is 0.370. The van der Waals surface area contributed by atoms with Crippen molar-refractivity contribution in [1.82, 2.24) is 20.0 Å². The van der Waals surface area contributed by atoms with Crippen LogP contribution in [0.5, 0.6) is 11.5 Å². The third-order valence-corrected chi connectivity index (χ3v) is 6.87. The van der Waals surface area contributed by atoms with Crippen molar-refractivity contribution in [2.75, 3.05) is 38.8 Å². The molecule has 1 fully saturated rings. The highest BCUT2D eigenvalue weighted by atomic mass is 19.1. The van der Waals surface area contributed by atoms with E-state index in [1.165, 1.54) is 23.2 Å². The number of aromatic nitrogens is 2. The minimum Gasteiger partial charge on any atom is -0.492 e. The van der Waals surface area contributed by atoms with E-state index in [9.17, 15) is 19.1 Å². The number of halogens is 1. The molecule has 0 radical (unpaired) electrons. The summed E-state index contributed by atoms with van der Waals surface area (Å²) in [6, 6.07) is 10.1. The van der Waals surface area contributed by atoms with Crippen LogP contribution in [0.3, 0.4) is 0 Å². The van der Waals surface area contributed by atoms with Crippen LogP contribution in [0.2, 0.25) is 0 Å². The number of ether oxygens (including phenoxy) is 2. The van der Waals surface area contributed by atoms with E-state index in [1.54, 1.807) is 43.6 Å². The summed E-state index contributed by atoms with van der Waals surface area (Å²) in [6.45, 7) is 0.974. The number of likely N-dealkylation sites (N-methyl/N-ethyl adjacent to an activating group) is 2. The molecule has 0 aliphatic carbocycles. The molecule has 1 aromatic heterocycles. The molecular formula is C27H30FN5O5. The van der Waals surface area contributed by atoms with E-state index in [2.05, 4.69) is 15.3 Å². The van der Waals surface area contributed by atoms with Crippen LogP contribution in [0.15, 0.2) is 54.9 Å². The van der Waals surface area contributed by atoms with Crippen LogP contribution in [0.1, 0.15) is 17.5 Å². The predicted molar refractivity (Wildman–Crippen MR) is 137 cm³/mol. The van der Waals surface area contributed by atoms with Gasteiger partial charge in [0.25, 0.3) is 5.91 Å². The summed E-state index contributed by atoms with van der Waals surface area (Å²) >= 11 is 0. The average Bonchev–Trinajstić information content (AvgIpc) is 3.46. The second kappa shape index (κ2) is 10.8. The van der Waals surface area contributed by atoms with E-state index in [0.717, 1.165) is 15.8 Å². The molecule has 2 N–H and O–H groups in total. The highest BCUT2D eigenvalue weighted by Crippen LogP contribution is 2.34. The van der Waals surface area contributed by atoms with Crippen LogP contribution in [0, 0.1) is 5.82 Å². The quantitative estimate of drug-likeness (QED) is 0.509. The first-order valence-electron chi connectivity index (χ1n) is 12.4. The predicted octanol–water partition coefficient (Wildman–Crippen LogP) is 2.04. The molecule has 200 valence electrons. The minimum absolute atomic E-state index is 0.0513. The number of nitrogens with one attached hydrogen (secondary N) is 1. The Labute approximate surface area is 219 Å². The molecular weight excluding hydrogens is 493 g/mol. The van der Waals surface area contributed by atoms with Gasteiger partial charge in [0, 0.05) is 38.3 Å². The zero-order valence-corrected chi connectivity index (χ0v) is 21.2. The maximum absolute atomic E-state index is 13.5. The number of nitrogens with zero attached hydrogens (tertiary/aromatic N) is 4. The second-order valence-corrected chi connectivity index (χ2v) is 9.73. The molecule has 5 rings (SSSR count). The Morgan fingerprint density at radius 3 is 2.84 bits per heavy atom. The van der Waals surface area contributed by atoms with Gasteiger partial charge in [-0.15, -0.1) is 0 Å². The number of carbonyl (C=O) groups is 2.